The maximum atomic E-state index is 12.9. The van der Waals surface area contributed by atoms with Gasteiger partial charge in [0.25, 0.3) is 0 Å². The van der Waals surface area contributed by atoms with Crippen molar-refractivity contribution >= 4 is 34.9 Å². The van der Waals surface area contributed by atoms with Crippen molar-refractivity contribution in [2.75, 3.05) is 31.1 Å². The Kier molecular flexibility index (Phi) is 5.47. The summed E-state index contributed by atoms with van der Waals surface area (Å²) in [6, 6.07) is 8.42. The molecule has 7 nitrogen and oxygen atoms in total. The van der Waals surface area contributed by atoms with E-state index in [9.17, 15) is 4.79 Å². The van der Waals surface area contributed by atoms with E-state index in [1.54, 1.807) is 36.5 Å². The van der Waals surface area contributed by atoms with E-state index in [2.05, 4.69) is 25.3 Å². The average Bonchev–Trinajstić information content (AvgIpc) is 2.76. The van der Waals surface area contributed by atoms with Gasteiger partial charge in [0.2, 0.25) is 17.6 Å². The quantitative estimate of drug-likeness (QED) is 0.656. The topological polar surface area (TPSA) is 83.9 Å². The van der Waals surface area contributed by atoms with Crippen LogP contribution in [0.25, 0.3) is 11.4 Å². The Bertz CT molecular complexity index is 1010. The maximum absolute atomic E-state index is 12.9. The summed E-state index contributed by atoms with van der Waals surface area (Å²) in [6.07, 6.45) is 3.09. The number of carbonyl (C=O) groups excluding carboxylic acids is 1. The third-order valence-electron chi connectivity index (χ3n) is 4.32. The lowest BCUT2D eigenvalue weighted by molar-refractivity contribution is 0.102. The molecule has 0 spiro atoms. The molecule has 1 saturated heterocycles. The number of aromatic nitrogens is 4. The number of pyridine rings is 1. The van der Waals surface area contributed by atoms with Crippen LogP contribution in [-0.4, -0.2) is 51.9 Å². The van der Waals surface area contributed by atoms with Gasteiger partial charge in [0.15, 0.2) is 5.82 Å². The number of nitrogens with one attached hydrogen (secondary N) is 1. The summed E-state index contributed by atoms with van der Waals surface area (Å²) in [5.74, 6) is 0.465. The van der Waals surface area contributed by atoms with Gasteiger partial charge in [-0.2, -0.15) is 9.97 Å². The molecule has 142 valence electrons. The van der Waals surface area contributed by atoms with E-state index in [4.69, 9.17) is 23.2 Å². The molecule has 28 heavy (non-hydrogen) atoms. The van der Waals surface area contributed by atoms with Gasteiger partial charge in [0, 0.05) is 54.7 Å². The van der Waals surface area contributed by atoms with Crippen LogP contribution < -0.4 is 10.2 Å². The lowest BCUT2D eigenvalue weighted by Gasteiger charge is -2.27. The highest BCUT2D eigenvalue weighted by molar-refractivity contribution is 6.35. The van der Waals surface area contributed by atoms with Crippen LogP contribution >= 0.6 is 23.2 Å². The van der Waals surface area contributed by atoms with E-state index < -0.39 is 0 Å². The largest absolute Gasteiger partial charge is 0.338 e. The Morgan fingerprint density at radius 1 is 1.07 bits per heavy atom. The normalized spacial score (nSPS) is 14.1. The van der Waals surface area contributed by atoms with Crippen molar-refractivity contribution in [3.05, 3.63) is 64.2 Å². The molecule has 1 aliphatic rings. The van der Waals surface area contributed by atoms with Crippen LogP contribution in [0.2, 0.25) is 10.0 Å². The van der Waals surface area contributed by atoms with E-state index in [1.165, 1.54) is 6.20 Å². The van der Waals surface area contributed by atoms with Crippen LogP contribution in [0, 0.1) is 0 Å². The zero-order valence-corrected chi connectivity index (χ0v) is 16.3. The molecule has 1 N–H and O–H groups in total. The van der Waals surface area contributed by atoms with Gasteiger partial charge < -0.3 is 10.2 Å². The van der Waals surface area contributed by atoms with Gasteiger partial charge in [-0.15, -0.1) is 0 Å². The number of ketones is 1. The number of halogens is 2. The summed E-state index contributed by atoms with van der Waals surface area (Å²) in [5, 5.41) is 4.23. The highest BCUT2D eigenvalue weighted by atomic mass is 35.5. The van der Waals surface area contributed by atoms with Crippen molar-refractivity contribution in [1.82, 2.24) is 25.3 Å². The monoisotopic (exact) mass is 414 g/mol. The van der Waals surface area contributed by atoms with Crippen molar-refractivity contribution < 1.29 is 4.79 Å². The second-order valence-corrected chi connectivity index (χ2v) is 7.06. The van der Waals surface area contributed by atoms with Crippen LogP contribution in [0.5, 0.6) is 0 Å². The zero-order chi connectivity index (χ0) is 19.5. The van der Waals surface area contributed by atoms with Gasteiger partial charge >= 0.3 is 0 Å². The number of anilines is 1. The Hall–Kier alpha value is -2.61. The molecule has 3 aromatic rings. The summed E-state index contributed by atoms with van der Waals surface area (Å²) in [4.78, 5) is 32.3. The molecule has 1 fully saturated rings. The molecule has 1 aliphatic heterocycles. The lowest BCUT2D eigenvalue weighted by Crippen LogP contribution is -2.44. The van der Waals surface area contributed by atoms with Gasteiger partial charge in [-0.05, 0) is 30.3 Å². The number of hydrogen-bond donors (Lipinski definition) is 1. The number of nitrogens with zero attached hydrogens (tertiary/aromatic N) is 5. The Morgan fingerprint density at radius 3 is 2.64 bits per heavy atom. The molecule has 0 amide bonds. The Morgan fingerprint density at radius 2 is 1.89 bits per heavy atom. The smallest absolute Gasteiger partial charge is 0.231 e. The van der Waals surface area contributed by atoms with Gasteiger partial charge in [-0.25, -0.2) is 4.98 Å². The molecule has 2 aromatic heterocycles. The second kappa shape index (κ2) is 8.18. The van der Waals surface area contributed by atoms with Crippen molar-refractivity contribution in [1.29, 1.82) is 0 Å². The molecule has 0 bridgehead atoms. The SMILES string of the molecule is O=C(c1cccnc1)c1nc(-c2cc(Cl)ccc2Cl)nc(N2CCNCC2)n1. The first kappa shape index (κ1) is 18.7. The first-order valence-electron chi connectivity index (χ1n) is 8.74. The molecular formula is C19H16Cl2N6O. The van der Waals surface area contributed by atoms with Crippen LogP contribution in [0.3, 0.4) is 0 Å². The highest BCUT2D eigenvalue weighted by Crippen LogP contribution is 2.29. The molecule has 0 aliphatic carbocycles. The van der Waals surface area contributed by atoms with Crippen molar-refractivity contribution in [3.8, 4) is 11.4 Å². The van der Waals surface area contributed by atoms with E-state index in [0.717, 1.165) is 26.2 Å². The van der Waals surface area contributed by atoms with E-state index in [-0.39, 0.29) is 11.6 Å². The summed E-state index contributed by atoms with van der Waals surface area (Å²) in [5.41, 5.74) is 0.955. The predicted molar refractivity (Wildman–Crippen MR) is 108 cm³/mol. The Balaban J connectivity index is 1.83. The minimum absolute atomic E-state index is 0.0441. The minimum atomic E-state index is -0.328. The number of carbonyl (C=O) groups is 1. The first-order valence-corrected chi connectivity index (χ1v) is 9.49. The van der Waals surface area contributed by atoms with Gasteiger partial charge in [0.1, 0.15) is 0 Å². The van der Waals surface area contributed by atoms with Crippen LogP contribution in [0.4, 0.5) is 5.95 Å². The Labute approximate surface area is 171 Å². The van der Waals surface area contributed by atoms with E-state index in [1.807, 2.05) is 4.90 Å². The predicted octanol–water partition coefficient (Wildman–Crippen LogP) is 2.88. The molecule has 0 atom stereocenters. The highest BCUT2D eigenvalue weighted by Gasteiger charge is 2.21. The lowest BCUT2D eigenvalue weighted by atomic mass is 10.1. The third kappa shape index (κ3) is 3.96. The van der Waals surface area contributed by atoms with Crippen molar-refractivity contribution in [3.63, 3.8) is 0 Å². The first-order chi connectivity index (χ1) is 13.6. The maximum Gasteiger partial charge on any atom is 0.231 e. The molecule has 0 radical (unpaired) electrons. The van der Waals surface area contributed by atoms with Crippen molar-refractivity contribution in [2.24, 2.45) is 0 Å². The van der Waals surface area contributed by atoms with Gasteiger partial charge in [-0.1, -0.05) is 23.2 Å². The third-order valence-corrected chi connectivity index (χ3v) is 4.88. The minimum Gasteiger partial charge on any atom is -0.338 e. The van der Waals surface area contributed by atoms with E-state index in [0.29, 0.717) is 32.9 Å². The molecule has 0 saturated carbocycles. The molecule has 3 heterocycles. The number of hydrogen-bond acceptors (Lipinski definition) is 7. The van der Waals surface area contributed by atoms with Crippen molar-refractivity contribution in [2.45, 2.75) is 0 Å². The molecule has 4 rings (SSSR count). The summed E-state index contributed by atoms with van der Waals surface area (Å²) in [7, 11) is 0. The molecule has 9 heteroatoms. The van der Waals surface area contributed by atoms with Crippen LogP contribution in [-0.2, 0) is 0 Å². The standard InChI is InChI=1S/C19H16Cl2N6O/c20-13-3-4-15(21)14(10-13)17-24-18(16(28)12-2-1-5-23-11-12)26-19(25-17)27-8-6-22-7-9-27/h1-5,10-11,22H,6-9H2. The fraction of sp³-hybridized carbons (Fsp3) is 0.211. The average molecular weight is 415 g/mol. The van der Waals surface area contributed by atoms with E-state index >= 15 is 0 Å². The van der Waals surface area contributed by atoms with Crippen LogP contribution in [0.15, 0.2) is 42.7 Å². The number of piperazine rings is 1. The number of benzene rings is 1. The van der Waals surface area contributed by atoms with Gasteiger partial charge in [0.05, 0.1) is 5.02 Å². The fourth-order valence-corrected chi connectivity index (χ4v) is 3.26. The fourth-order valence-electron chi connectivity index (χ4n) is 2.89. The second-order valence-electron chi connectivity index (χ2n) is 6.21. The summed E-state index contributed by atoms with van der Waals surface area (Å²) < 4.78 is 0. The van der Waals surface area contributed by atoms with Gasteiger partial charge in [-0.3, -0.25) is 9.78 Å². The molecular weight excluding hydrogens is 399 g/mol. The summed E-state index contributed by atoms with van der Waals surface area (Å²) in [6.45, 7) is 3.08. The summed E-state index contributed by atoms with van der Waals surface area (Å²) >= 11 is 12.5. The molecule has 0 unspecified atom stereocenters. The molecule has 1 aromatic carbocycles. The zero-order valence-electron chi connectivity index (χ0n) is 14.8. The number of rotatable bonds is 4. The van der Waals surface area contributed by atoms with Crippen LogP contribution in [0.1, 0.15) is 16.2 Å².